The molecule has 2 heterocycles. The van der Waals surface area contributed by atoms with E-state index in [4.69, 9.17) is 0 Å². The Morgan fingerprint density at radius 3 is 2.73 bits per heavy atom. The van der Waals surface area contributed by atoms with Gasteiger partial charge in [0.15, 0.2) is 0 Å². The summed E-state index contributed by atoms with van der Waals surface area (Å²) >= 11 is 0. The quantitative estimate of drug-likeness (QED) is 0.835. The summed E-state index contributed by atoms with van der Waals surface area (Å²) in [7, 11) is 2.05. The predicted octanol–water partition coefficient (Wildman–Crippen LogP) is 1.23. The molecular formula is C17H24N4O. The molecule has 5 heteroatoms. The highest BCUT2D eigenvalue weighted by molar-refractivity contribution is 5.14. The van der Waals surface area contributed by atoms with E-state index in [2.05, 4.69) is 46.2 Å². The van der Waals surface area contributed by atoms with Crippen LogP contribution in [0, 0.1) is 0 Å². The van der Waals surface area contributed by atoms with E-state index >= 15 is 0 Å². The van der Waals surface area contributed by atoms with Crippen LogP contribution in [0.15, 0.2) is 48.8 Å². The summed E-state index contributed by atoms with van der Waals surface area (Å²) in [5.41, 5.74) is 1.28. The number of hydrogen-bond acceptors (Lipinski definition) is 4. The average molecular weight is 300 g/mol. The third-order valence-electron chi connectivity index (χ3n) is 4.12. The third kappa shape index (κ3) is 3.94. The second kappa shape index (κ2) is 7.05. The van der Waals surface area contributed by atoms with E-state index in [9.17, 15) is 5.11 Å². The summed E-state index contributed by atoms with van der Waals surface area (Å²) < 4.78 is 2.00. The first kappa shape index (κ1) is 15.2. The monoisotopic (exact) mass is 300 g/mol. The number of aliphatic hydroxyl groups is 1. The number of β-amino-alcohol motifs (C(OH)–C–C–N with tert-alkyl or cyclic N) is 1. The molecule has 0 aliphatic carbocycles. The Hall–Kier alpha value is -1.69. The average Bonchev–Trinajstić information content (AvgIpc) is 2.97. The van der Waals surface area contributed by atoms with Gasteiger partial charge in [-0.15, -0.1) is 0 Å². The van der Waals surface area contributed by atoms with Gasteiger partial charge in [-0.05, 0) is 18.7 Å². The molecule has 1 aliphatic heterocycles. The third-order valence-corrected chi connectivity index (χ3v) is 4.12. The number of likely N-dealkylation sites (N-methyl/N-ethyl adjacent to an activating group) is 1. The van der Waals surface area contributed by atoms with Gasteiger partial charge in [0, 0.05) is 45.1 Å². The lowest BCUT2D eigenvalue weighted by Crippen LogP contribution is -2.51. The molecule has 1 aromatic carbocycles. The van der Waals surface area contributed by atoms with Crippen LogP contribution >= 0.6 is 0 Å². The van der Waals surface area contributed by atoms with Crippen molar-refractivity contribution in [3.8, 4) is 0 Å². The standard InChI is InChI=1S/C17H24N4O/c1-19(10-15-6-3-2-4-7-15)13-17(22)14-20-11-16(12-20)21-9-5-8-18-21/h2-9,16-17,22H,10-14H2,1H3/t17-/m1/s1. The first-order valence-corrected chi connectivity index (χ1v) is 7.83. The van der Waals surface area contributed by atoms with E-state index in [1.165, 1.54) is 5.56 Å². The topological polar surface area (TPSA) is 44.5 Å². The summed E-state index contributed by atoms with van der Waals surface area (Å²) in [6.07, 6.45) is 3.51. The summed E-state index contributed by atoms with van der Waals surface area (Å²) in [5, 5.41) is 14.5. The van der Waals surface area contributed by atoms with Gasteiger partial charge in [-0.1, -0.05) is 30.3 Å². The number of rotatable bonds is 7. The van der Waals surface area contributed by atoms with Crippen molar-refractivity contribution in [1.29, 1.82) is 0 Å². The molecule has 2 aromatic rings. The molecule has 0 saturated carbocycles. The highest BCUT2D eigenvalue weighted by Crippen LogP contribution is 2.20. The first-order valence-electron chi connectivity index (χ1n) is 7.83. The minimum Gasteiger partial charge on any atom is -0.390 e. The zero-order chi connectivity index (χ0) is 15.4. The highest BCUT2D eigenvalue weighted by Gasteiger charge is 2.29. The van der Waals surface area contributed by atoms with Crippen LogP contribution in [-0.2, 0) is 6.54 Å². The number of nitrogens with zero attached hydrogens (tertiary/aromatic N) is 4. The number of aromatic nitrogens is 2. The van der Waals surface area contributed by atoms with Crippen molar-refractivity contribution >= 4 is 0 Å². The van der Waals surface area contributed by atoms with Crippen molar-refractivity contribution in [1.82, 2.24) is 19.6 Å². The first-order chi connectivity index (χ1) is 10.7. The summed E-state index contributed by atoms with van der Waals surface area (Å²) in [6, 6.07) is 12.8. The van der Waals surface area contributed by atoms with Crippen LogP contribution in [0.2, 0.25) is 0 Å². The van der Waals surface area contributed by atoms with Crippen LogP contribution in [-0.4, -0.2) is 64.0 Å². The normalized spacial score (nSPS) is 17.6. The zero-order valence-corrected chi connectivity index (χ0v) is 13.0. The molecule has 3 rings (SSSR count). The minimum absolute atomic E-state index is 0.313. The van der Waals surface area contributed by atoms with E-state index < -0.39 is 0 Å². The van der Waals surface area contributed by atoms with Crippen LogP contribution in [0.1, 0.15) is 11.6 Å². The lowest BCUT2D eigenvalue weighted by Gasteiger charge is -2.40. The Kier molecular flexibility index (Phi) is 4.87. The molecule has 0 radical (unpaired) electrons. The van der Waals surface area contributed by atoms with Crippen LogP contribution in [0.25, 0.3) is 0 Å². The number of hydrogen-bond donors (Lipinski definition) is 1. The molecule has 118 valence electrons. The van der Waals surface area contributed by atoms with Crippen molar-refractivity contribution in [2.24, 2.45) is 0 Å². The maximum Gasteiger partial charge on any atom is 0.0793 e. The van der Waals surface area contributed by atoms with Crippen molar-refractivity contribution in [3.63, 3.8) is 0 Å². The molecule has 1 atom stereocenters. The highest BCUT2D eigenvalue weighted by atomic mass is 16.3. The summed E-state index contributed by atoms with van der Waals surface area (Å²) in [6.45, 7) is 4.24. The van der Waals surface area contributed by atoms with Gasteiger partial charge in [-0.25, -0.2) is 0 Å². The smallest absolute Gasteiger partial charge is 0.0793 e. The van der Waals surface area contributed by atoms with Gasteiger partial charge in [0.2, 0.25) is 0 Å². The van der Waals surface area contributed by atoms with E-state index in [0.29, 0.717) is 12.6 Å². The largest absolute Gasteiger partial charge is 0.390 e. The molecule has 0 bridgehead atoms. The van der Waals surface area contributed by atoms with Crippen LogP contribution < -0.4 is 0 Å². The van der Waals surface area contributed by atoms with Crippen LogP contribution in [0.5, 0.6) is 0 Å². The van der Waals surface area contributed by atoms with Crippen LogP contribution in [0.4, 0.5) is 0 Å². The molecule has 1 aliphatic rings. The second-order valence-electron chi connectivity index (χ2n) is 6.19. The molecule has 1 aromatic heterocycles. The lowest BCUT2D eigenvalue weighted by atomic mass is 10.1. The molecule has 5 nitrogen and oxygen atoms in total. The molecule has 0 unspecified atom stereocenters. The molecule has 1 N–H and O–H groups in total. The Labute approximate surface area is 131 Å². The van der Waals surface area contributed by atoms with E-state index in [1.807, 2.05) is 29.2 Å². The van der Waals surface area contributed by atoms with Gasteiger partial charge in [0.1, 0.15) is 0 Å². The van der Waals surface area contributed by atoms with Crippen molar-refractivity contribution in [2.45, 2.75) is 18.7 Å². The number of likely N-dealkylation sites (tertiary alicyclic amines) is 1. The fourth-order valence-electron chi connectivity index (χ4n) is 3.03. The van der Waals surface area contributed by atoms with Gasteiger partial charge in [-0.3, -0.25) is 14.5 Å². The summed E-state index contributed by atoms with van der Waals surface area (Å²) in [4.78, 5) is 4.46. The SMILES string of the molecule is CN(Cc1ccccc1)C[C@@H](O)CN1CC(n2cccn2)C1. The fraction of sp³-hybridized carbons (Fsp3) is 0.471. The van der Waals surface area contributed by atoms with Crippen LogP contribution in [0.3, 0.4) is 0 Å². The second-order valence-corrected chi connectivity index (χ2v) is 6.19. The van der Waals surface area contributed by atoms with Crippen molar-refractivity contribution < 1.29 is 5.11 Å². The Bertz CT molecular complexity index is 551. The number of benzene rings is 1. The molecular weight excluding hydrogens is 276 g/mol. The molecule has 0 amide bonds. The zero-order valence-electron chi connectivity index (χ0n) is 13.0. The lowest BCUT2D eigenvalue weighted by molar-refractivity contribution is 0.0269. The Morgan fingerprint density at radius 1 is 1.27 bits per heavy atom. The molecule has 1 saturated heterocycles. The van der Waals surface area contributed by atoms with Crippen molar-refractivity contribution in [3.05, 3.63) is 54.4 Å². The maximum absolute atomic E-state index is 10.2. The molecule has 22 heavy (non-hydrogen) atoms. The number of aliphatic hydroxyl groups excluding tert-OH is 1. The molecule has 0 spiro atoms. The van der Waals surface area contributed by atoms with E-state index in [0.717, 1.165) is 26.2 Å². The Balaban J connectivity index is 1.37. The van der Waals surface area contributed by atoms with Gasteiger partial charge in [-0.2, -0.15) is 5.10 Å². The molecule has 1 fully saturated rings. The van der Waals surface area contributed by atoms with E-state index in [-0.39, 0.29) is 6.10 Å². The minimum atomic E-state index is -0.313. The predicted molar refractivity (Wildman–Crippen MR) is 86.5 cm³/mol. The van der Waals surface area contributed by atoms with Gasteiger partial charge in [0.05, 0.1) is 12.1 Å². The summed E-state index contributed by atoms with van der Waals surface area (Å²) in [5.74, 6) is 0. The van der Waals surface area contributed by atoms with Gasteiger partial charge < -0.3 is 5.11 Å². The van der Waals surface area contributed by atoms with Gasteiger partial charge >= 0.3 is 0 Å². The van der Waals surface area contributed by atoms with Crippen molar-refractivity contribution in [2.75, 3.05) is 33.2 Å². The van der Waals surface area contributed by atoms with Gasteiger partial charge in [0.25, 0.3) is 0 Å². The fourth-order valence-corrected chi connectivity index (χ4v) is 3.03. The van der Waals surface area contributed by atoms with E-state index in [1.54, 1.807) is 0 Å². The Morgan fingerprint density at radius 2 is 2.05 bits per heavy atom. The maximum atomic E-state index is 10.2.